The normalized spacial score (nSPS) is 14.7. The van der Waals surface area contributed by atoms with Crippen molar-refractivity contribution in [3.8, 4) is 5.75 Å². The SMILES string of the molecule is CCCN(Cc1ccc(C(=O)O)c(OC)c1)C1CC1. The lowest BCUT2D eigenvalue weighted by Crippen LogP contribution is -2.26. The maximum absolute atomic E-state index is 11.0. The summed E-state index contributed by atoms with van der Waals surface area (Å²) in [7, 11) is 1.51. The molecule has 0 heterocycles. The van der Waals surface area contributed by atoms with E-state index >= 15 is 0 Å². The van der Waals surface area contributed by atoms with Gasteiger partial charge in [-0.15, -0.1) is 0 Å². The molecule has 0 bridgehead atoms. The van der Waals surface area contributed by atoms with E-state index < -0.39 is 5.97 Å². The zero-order chi connectivity index (χ0) is 13.8. The predicted molar refractivity (Wildman–Crippen MR) is 73.7 cm³/mol. The topological polar surface area (TPSA) is 49.8 Å². The third kappa shape index (κ3) is 3.47. The maximum atomic E-state index is 11.0. The molecule has 0 atom stereocenters. The van der Waals surface area contributed by atoms with Crippen LogP contribution in [0.3, 0.4) is 0 Å². The summed E-state index contributed by atoms with van der Waals surface area (Å²) in [6.45, 7) is 4.14. The first-order chi connectivity index (χ1) is 9.15. The Morgan fingerprint density at radius 2 is 2.21 bits per heavy atom. The molecule has 104 valence electrons. The molecular weight excluding hydrogens is 242 g/mol. The highest BCUT2D eigenvalue weighted by atomic mass is 16.5. The van der Waals surface area contributed by atoms with Gasteiger partial charge in [0.2, 0.25) is 0 Å². The predicted octanol–water partition coefficient (Wildman–Crippen LogP) is 2.77. The molecule has 1 saturated carbocycles. The molecule has 0 saturated heterocycles. The van der Waals surface area contributed by atoms with Crippen LogP contribution in [0.5, 0.6) is 5.75 Å². The molecule has 0 aliphatic heterocycles. The highest BCUT2D eigenvalue weighted by Gasteiger charge is 2.28. The average Bonchev–Trinajstić information content (AvgIpc) is 3.22. The monoisotopic (exact) mass is 263 g/mol. The van der Waals surface area contributed by atoms with E-state index in [2.05, 4.69) is 11.8 Å². The number of benzene rings is 1. The van der Waals surface area contributed by atoms with Gasteiger partial charge in [-0.2, -0.15) is 0 Å². The first-order valence-corrected chi connectivity index (χ1v) is 6.80. The molecule has 4 nitrogen and oxygen atoms in total. The number of carbonyl (C=O) groups is 1. The smallest absolute Gasteiger partial charge is 0.339 e. The van der Waals surface area contributed by atoms with Gasteiger partial charge in [0.15, 0.2) is 0 Å². The van der Waals surface area contributed by atoms with Crippen molar-refractivity contribution in [3.05, 3.63) is 29.3 Å². The van der Waals surface area contributed by atoms with Gasteiger partial charge in [-0.25, -0.2) is 4.79 Å². The quantitative estimate of drug-likeness (QED) is 0.821. The molecule has 0 radical (unpaired) electrons. The Morgan fingerprint density at radius 1 is 1.47 bits per heavy atom. The standard InChI is InChI=1S/C15H21NO3/c1-3-8-16(12-5-6-12)10-11-4-7-13(15(17)18)14(9-11)19-2/h4,7,9,12H,3,5-6,8,10H2,1-2H3,(H,17,18). The first kappa shape index (κ1) is 13.9. The van der Waals surface area contributed by atoms with E-state index in [1.165, 1.54) is 20.0 Å². The second kappa shape index (κ2) is 6.06. The molecule has 1 aromatic rings. The molecule has 0 spiro atoms. The fraction of sp³-hybridized carbons (Fsp3) is 0.533. The Kier molecular flexibility index (Phi) is 4.43. The Labute approximate surface area is 114 Å². The van der Waals surface area contributed by atoms with Crippen LogP contribution in [0.1, 0.15) is 42.1 Å². The molecule has 1 aliphatic carbocycles. The third-order valence-corrected chi connectivity index (χ3v) is 3.46. The van der Waals surface area contributed by atoms with E-state index in [1.807, 2.05) is 12.1 Å². The number of nitrogens with zero attached hydrogens (tertiary/aromatic N) is 1. The summed E-state index contributed by atoms with van der Waals surface area (Å²) in [4.78, 5) is 13.5. The van der Waals surface area contributed by atoms with Crippen LogP contribution < -0.4 is 4.74 Å². The number of carboxylic acid groups (broad SMARTS) is 1. The van der Waals surface area contributed by atoms with E-state index in [-0.39, 0.29) is 5.56 Å². The summed E-state index contributed by atoms with van der Waals surface area (Å²) in [5.41, 5.74) is 1.34. The summed E-state index contributed by atoms with van der Waals surface area (Å²) in [6, 6.07) is 6.07. The minimum Gasteiger partial charge on any atom is -0.496 e. The van der Waals surface area contributed by atoms with Crippen LogP contribution in [0.2, 0.25) is 0 Å². The molecule has 1 N–H and O–H groups in total. The van der Waals surface area contributed by atoms with Gasteiger partial charge in [0.25, 0.3) is 0 Å². The van der Waals surface area contributed by atoms with Crippen molar-refractivity contribution < 1.29 is 14.6 Å². The number of methoxy groups -OCH3 is 1. The van der Waals surface area contributed by atoms with Crippen LogP contribution in [0.25, 0.3) is 0 Å². The van der Waals surface area contributed by atoms with Gasteiger partial charge in [0.1, 0.15) is 11.3 Å². The molecule has 1 aromatic carbocycles. The molecule has 4 heteroatoms. The van der Waals surface area contributed by atoms with Crippen molar-refractivity contribution >= 4 is 5.97 Å². The Bertz CT molecular complexity index is 455. The third-order valence-electron chi connectivity index (χ3n) is 3.46. The Balaban J connectivity index is 2.13. The minimum atomic E-state index is -0.948. The van der Waals surface area contributed by atoms with Crippen LogP contribution in [-0.2, 0) is 6.54 Å². The summed E-state index contributed by atoms with van der Waals surface area (Å²) in [6.07, 6.45) is 3.70. The van der Waals surface area contributed by atoms with Gasteiger partial charge >= 0.3 is 5.97 Å². The summed E-state index contributed by atoms with van der Waals surface area (Å²) < 4.78 is 5.17. The molecule has 0 aromatic heterocycles. The van der Waals surface area contributed by atoms with E-state index in [4.69, 9.17) is 9.84 Å². The van der Waals surface area contributed by atoms with Crippen LogP contribution in [-0.4, -0.2) is 35.7 Å². The van der Waals surface area contributed by atoms with Gasteiger partial charge < -0.3 is 9.84 Å². The average molecular weight is 263 g/mol. The van der Waals surface area contributed by atoms with Crippen molar-refractivity contribution in [1.29, 1.82) is 0 Å². The molecule has 19 heavy (non-hydrogen) atoms. The molecule has 0 amide bonds. The molecular formula is C15H21NO3. The number of carboxylic acids is 1. The fourth-order valence-corrected chi connectivity index (χ4v) is 2.36. The van der Waals surface area contributed by atoms with Crippen molar-refractivity contribution in [2.24, 2.45) is 0 Å². The van der Waals surface area contributed by atoms with Crippen molar-refractivity contribution in [2.75, 3.05) is 13.7 Å². The van der Waals surface area contributed by atoms with Gasteiger partial charge in [0, 0.05) is 12.6 Å². The molecule has 2 rings (SSSR count). The zero-order valence-electron chi connectivity index (χ0n) is 11.6. The van der Waals surface area contributed by atoms with Crippen molar-refractivity contribution in [1.82, 2.24) is 4.90 Å². The number of aromatic carboxylic acids is 1. The summed E-state index contributed by atoms with van der Waals surface area (Å²) in [5.74, 6) is -0.506. The minimum absolute atomic E-state index is 0.222. The Morgan fingerprint density at radius 3 is 2.74 bits per heavy atom. The second-order valence-electron chi connectivity index (χ2n) is 5.04. The van der Waals surface area contributed by atoms with Gasteiger partial charge in [-0.1, -0.05) is 13.0 Å². The molecule has 1 aliphatic rings. The van der Waals surface area contributed by atoms with Crippen LogP contribution >= 0.6 is 0 Å². The number of rotatable bonds is 7. The lowest BCUT2D eigenvalue weighted by molar-refractivity contribution is 0.0693. The van der Waals surface area contributed by atoms with Gasteiger partial charge in [-0.05, 0) is 43.5 Å². The summed E-state index contributed by atoms with van der Waals surface area (Å²) in [5, 5.41) is 9.06. The molecule has 0 unspecified atom stereocenters. The van der Waals surface area contributed by atoms with Crippen molar-refractivity contribution in [2.45, 2.75) is 38.8 Å². The van der Waals surface area contributed by atoms with E-state index in [0.717, 1.165) is 25.1 Å². The van der Waals surface area contributed by atoms with Crippen LogP contribution in [0.15, 0.2) is 18.2 Å². The largest absolute Gasteiger partial charge is 0.496 e. The number of ether oxygens (including phenoxy) is 1. The summed E-state index contributed by atoms with van der Waals surface area (Å²) >= 11 is 0. The van der Waals surface area contributed by atoms with E-state index in [1.54, 1.807) is 6.07 Å². The van der Waals surface area contributed by atoms with E-state index in [0.29, 0.717) is 11.8 Å². The fourth-order valence-electron chi connectivity index (χ4n) is 2.36. The maximum Gasteiger partial charge on any atom is 0.339 e. The first-order valence-electron chi connectivity index (χ1n) is 6.80. The highest BCUT2D eigenvalue weighted by molar-refractivity contribution is 5.90. The number of hydrogen-bond acceptors (Lipinski definition) is 3. The zero-order valence-corrected chi connectivity index (χ0v) is 11.6. The van der Waals surface area contributed by atoms with Gasteiger partial charge in [-0.3, -0.25) is 4.90 Å². The second-order valence-corrected chi connectivity index (χ2v) is 5.04. The van der Waals surface area contributed by atoms with E-state index in [9.17, 15) is 4.79 Å². The van der Waals surface area contributed by atoms with Crippen LogP contribution in [0.4, 0.5) is 0 Å². The van der Waals surface area contributed by atoms with Crippen LogP contribution in [0, 0.1) is 0 Å². The molecule has 1 fully saturated rings. The highest BCUT2D eigenvalue weighted by Crippen LogP contribution is 2.29. The Hall–Kier alpha value is -1.55. The number of hydrogen-bond donors (Lipinski definition) is 1. The van der Waals surface area contributed by atoms with Gasteiger partial charge in [0.05, 0.1) is 7.11 Å². The van der Waals surface area contributed by atoms with Crippen molar-refractivity contribution in [3.63, 3.8) is 0 Å². The lowest BCUT2D eigenvalue weighted by Gasteiger charge is -2.21. The lowest BCUT2D eigenvalue weighted by atomic mass is 10.1.